The van der Waals surface area contributed by atoms with Crippen molar-refractivity contribution in [2.24, 2.45) is 0 Å². The lowest BCUT2D eigenvalue weighted by Gasteiger charge is -2.40. The van der Waals surface area contributed by atoms with Crippen LogP contribution in [0.25, 0.3) is 0 Å². The van der Waals surface area contributed by atoms with E-state index in [0.717, 1.165) is 38.1 Å². The molecule has 0 aromatic heterocycles. The number of alkyl halides is 6. The quantitative estimate of drug-likeness (QED) is 0.674. The third-order valence-corrected chi connectivity index (χ3v) is 4.63. The summed E-state index contributed by atoms with van der Waals surface area (Å²) in [5.41, 5.74) is -9.74. The predicted octanol–water partition coefficient (Wildman–Crippen LogP) is 5.11. The summed E-state index contributed by atoms with van der Waals surface area (Å²) in [5, 5.41) is 18.1. The first-order valence-corrected chi connectivity index (χ1v) is 7.97. The van der Waals surface area contributed by atoms with Gasteiger partial charge in [-0.2, -0.15) is 26.3 Å². The van der Waals surface area contributed by atoms with Gasteiger partial charge in [-0.15, -0.1) is 0 Å². The number of carboxylic acid groups (broad SMARTS) is 2. The van der Waals surface area contributed by atoms with Gasteiger partial charge in [0.1, 0.15) is 0 Å². The molecule has 0 saturated carbocycles. The summed E-state index contributed by atoms with van der Waals surface area (Å²) >= 11 is 0. The van der Waals surface area contributed by atoms with Crippen molar-refractivity contribution in [1.82, 2.24) is 0 Å². The number of carbonyl (C=O) groups is 2. The Kier molecular flexibility index (Phi) is 5.44. The first-order chi connectivity index (χ1) is 13.1. The molecule has 0 saturated heterocycles. The SMILES string of the molecule is Cc1ccc(C(=O)O)cc1C(c1cc(C(=O)O)ccc1C)(C(F)(F)F)C(F)(F)F. The van der Waals surface area contributed by atoms with Crippen LogP contribution >= 0.6 is 0 Å². The second kappa shape index (κ2) is 7.09. The van der Waals surface area contributed by atoms with Crippen LogP contribution in [0.15, 0.2) is 36.4 Å². The molecule has 0 radical (unpaired) electrons. The van der Waals surface area contributed by atoms with Gasteiger partial charge in [-0.1, -0.05) is 12.1 Å². The lowest BCUT2D eigenvalue weighted by atomic mass is 9.69. The van der Waals surface area contributed by atoms with Crippen molar-refractivity contribution in [2.75, 3.05) is 0 Å². The molecule has 4 nitrogen and oxygen atoms in total. The van der Waals surface area contributed by atoms with Gasteiger partial charge in [0.25, 0.3) is 0 Å². The monoisotopic (exact) mass is 420 g/mol. The molecule has 2 N–H and O–H groups in total. The Bertz CT molecular complexity index is 896. The van der Waals surface area contributed by atoms with Crippen molar-refractivity contribution < 1.29 is 46.1 Å². The van der Waals surface area contributed by atoms with Gasteiger partial charge in [-0.05, 0) is 60.4 Å². The number of aryl methyl sites for hydroxylation is 2. The number of hydrogen-bond acceptors (Lipinski definition) is 2. The number of carboxylic acids is 2. The van der Waals surface area contributed by atoms with E-state index in [4.69, 9.17) is 10.2 Å². The van der Waals surface area contributed by atoms with E-state index in [0.29, 0.717) is 12.1 Å². The van der Waals surface area contributed by atoms with Gasteiger partial charge in [0.05, 0.1) is 11.1 Å². The normalized spacial score (nSPS) is 12.7. The highest BCUT2D eigenvalue weighted by molar-refractivity contribution is 5.89. The van der Waals surface area contributed by atoms with E-state index in [-0.39, 0.29) is 0 Å². The molecule has 0 aliphatic rings. The molecule has 0 heterocycles. The van der Waals surface area contributed by atoms with E-state index in [9.17, 15) is 35.9 Å². The minimum absolute atomic E-state index is 0.325. The van der Waals surface area contributed by atoms with Gasteiger partial charge in [0.2, 0.25) is 5.41 Å². The summed E-state index contributed by atoms with van der Waals surface area (Å²) in [6.45, 7) is 1.98. The van der Waals surface area contributed by atoms with E-state index in [2.05, 4.69) is 0 Å². The molecular weight excluding hydrogens is 406 g/mol. The molecule has 0 fully saturated rings. The molecule has 0 spiro atoms. The van der Waals surface area contributed by atoms with Crippen LogP contribution in [0.2, 0.25) is 0 Å². The second-order valence-electron chi connectivity index (χ2n) is 6.42. The molecular formula is C19H14F6O4. The van der Waals surface area contributed by atoms with Gasteiger partial charge in [-0.25, -0.2) is 9.59 Å². The molecule has 0 unspecified atom stereocenters. The molecule has 156 valence electrons. The Balaban J connectivity index is 3.13. The Morgan fingerprint density at radius 2 is 1.00 bits per heavy atom. The fourth-order valence-corrected chi connectivity index (χ4v) is 3.23. The lowest BCUT2D eigenvalue weighted by molar-refractivity contribution is -0.289. The molecule has 0 amide bonds. The molecule has 29 heavy (non-hydrogen) atoms. The van der Waals surface area contributed by atoms with Crippen molar-refractivity contribution in [1.29, 1.82) is 0 Å². The molecule has 2 aromatic carbocycles. The van der Waals surface area contributed by atoms with Gasteiger partial charge in [0.15, 0.2) is 0 Å². The maximum absolute atomic E-state index is 14.3. The Labute approximate surface area is 160 Å². The summed E-state index contributed by atoms with van der Waals surface area (Å²) in [6, 6.07) is 4.12. The number of benzene rings is 2. The Morgan fingerprint density at radius 1 is 0.690 bits per heavy atom. The van der Waals surface area contributed by atoms with Gasteiger partial charge in [0, 0.05) is 0 Å². The number of hydrogen-bond donors (Lipinski definition) is 2. The number of aromatic carboxylic acids is 2. The Morgan fingerprint density at radius 3 is 1.24 bits per heavy atom. The van der Waals surface area contributed by atoms with E-state index in [1.165, 1.54) is 0 Å². The van der Waals surface area contributed by atoms with E-state index in [1.807, 2.05) is 0 Å². The van der Waals surface area contributed by atoms with Crippen LogP contribution < -0.4 is 0 Å². The Hall–Kier alpha value is -3.04. The zero-order valence-corrected chi connectivity index (χ0v) is 14.9. The molecule has 10 heteroatoms. The highest BCUT2D eigenvalue weighted by Gasteiger charge is 2.73. The maximum Gasteiger partial charge on any atom is 0.411 e. The molecule has 0 aliphatic carbocycles. The fraction of sp³-hybridized carbons (Fsp3) is 0.263. The van der Waals surface area contributed by atoms with Crippen LogP contribution in [0.3, 0.4) is 0 Å². The summed E-state index contributed by atoms with van der Waals surface area (Å²) in [4.78, 5) is 22.4. The number of halogens is 6. The van der Waals surface area contributed by atoms with E-state index in [1.54, 1.807) is 0 Å². The first-order valence-electron chi connectivity index (χ1n) is 7.97. The van der Waals surface area contributed by atoms with Crippen LogP contribution in [0.5, 0.6) is 0 Å². The minimum atomic E-state index is -5.96. The molecule has 0 atom stereocenters. The van der Waals surface area contributed by atoms with E-state index >= 15 is 0 Å². The standard InChI is InChI=1S/C19H14F6O4/c1-9-3-5-11(15(26)27)7-13(9)17(18(20,21)22,19(23,24)25)14-8-12(16(28)29)6-4-10(14)2/h3-8H,1-2H3,(H,26,27)(H,28,29). The van der Waals surface area contributed by atoms with Crippen molar-refractivity contribution in [3.05, 3.63) is 69.8 Å². The smallest absolute Gasteiger partial charge is 0.411 e. The molecule has 2 aromatic rings. The third kappa shape index (κ3) is 3.54. The third-order valence-electron chi connectivity index (χ3n) is 4.63. The van der Waals surface area contributed by atoms with Crippen LogP contribution in [0.1, 0.15) is 43.0 Å². The van der Waals surface area contributed by atoms with Crippen LogP contribution in [0, 0.1) is 13.8 Å². The fourth-order valence-electron chi connectivity index (χ4n) is 3.23. The number of rotatable bonds is 4. The zero-order valence-electron chi connectivity index (χ0n) is 14.9. The first kappa shape index (κ1) is 22.3. The summed E-state index contributed by atoms with van der Waals surface area (Å²) in [6.07, 6.45) is -11.9. The van der Waals surface area contributed by atoms with Gasteiger partial charge >= 0.3 is 24.3 Å². The summed E-state index contributed by atoms with van der Waals surface area (Å²) < 4.78 is 85.5. The van der Waals surface area contributed by atoms with E-state index < -0.39 is 63.1 Å². The minimum Gasteiger partial charge on any atom is -0.478 e. The average Bonchev–Trinajstić information content (AvgIpc) is 2.55. The topological polar surface area (TPSA) is 74.6 Å². The molecule has 0 bridgehead atoms. The maximum atomic E-state index is 14.3. The van der Waals surface area contributed by atoms with Crippen LogP contribution in [-0.2, 0) is 5.41 Å². The zero-order chi connectivity index (χ0) is 22.4. The summed E-state index contributed by atoms with van der Waals surface area (Å²) in [5.74, 6) is -3.42. The average molecular weight is 420 g/mol. The predicted molar refractivity (Wildman–Crippen MR) is 89.2 cm³/mol. The van der Waals surface area contributed by atoms with Crippen molar-refractivity contribution in [2.45, 2.75) is 31.6 Å². The lowest BCUT2D eigenvalue weighted by Crippen LogP contribution is -2.55. The highest BCUT2D eigenvalue weighted by Crippen LogP contribution is 2.57. The van der Waals surface area contributed by atoms with Crippen molar-refractivity contribution >= 4 is 11.9 Å². The second-order valence-corrected chi connectivity index (χ2v) is 6.42. The van der Waals surface area contributed by atoms with Crippen molar-refractivity contribution in [3.8, 4) is 0 Å². The largest absolute Gasteiger partial charge is 0.478 e. The van der Waals surface area contributed by atoms with Crippen molar-refractivity contribution in [3.63, 3.8) is 0 Å². The van der Waals surface area contributed by atoms with Gasteiger partial charge in [-0.3, -0.25) is 0 Å². The van der Waals surface area contributed by atoms with Gasteiger partial charge < -0.3 is 10.2 Å². The molecule has 0 aliphatic heterocycles. The van der Waals surface area contributed by atoms with Crippen LogP contribution in [-0.4, -0.2) is 34.5 Å². The highest BCUT2D eigenvalue weighted by atomic mass is 19.4. The summed E-state index contributed by atoms with van der Waals surface area (Å²) in [7, 11) is 0. The van der Waals surface area contributed by atoms with Crippen LogP contribution in [0.4, 0.5) is 26.3 Å². The molecule has 2 rings (SSSR count).